The number of nitrogens with zero attached hydrogens (tertiary/aromatic N) is 1. The normalized spacial score (nSPS) is 23.7. The zero-order valence-electron chi connectivity index (χ0n) is 9.98. The number of likely N-dealkylation sites (N-methyl/N-ethyl adjacent to an activating group) is 1. The molecule has 5 nitrogen and oxygen atoms in total. The molecule has 0 radical (unpaired) electrons. The summed E-state index contributed by atoms with van der Waals surface area (Å²) in [6.07, 6.45) is -4.14. The number of carbonyl (C=O) groups is 2. The van der Waals surface area contributed by atoms with Crippen molar-refractivity contribution in [2.24, 2.45) is 5.92 Å². The standard InChI is InChI=1S/C10H13F4NO4/c1-2-15(9(18)10(13,14)8(11)12)6-4-19-3-5(6)7(16)17/h5-6,8H,2-4H2,1H3,(H,16,17). The van der Waals surface area contributed by atoms with Crippen LogP contribution in [-0.2, 0) is 14.3 Å². The van der Waals surface area contributed by atoms with Gasteiger partial charge in [0.25, 0.3) is 5.91 Å². The van der Waals surface area contributed by atoms with Gasteiger partial charge in [-0.15, -0.1) is 0 Å². The third-order valence-corrected chi connectivity index (χ3v) is 2.93. The number of carbonyl (C=O) groups excluding carboxylic acids is 1. The zero-order chi connectivity index (χ0) is 14.8. The fourth-order valence-electron chi connectivity index (χ4n) is 1.90. The maximum Gasteiger partial charge on any atom is 0.383 e. The van der Waals surface area contributed by atoms with E-state index in [0.717, 1.165) is 0 Å². The number of ether oxygens (including phenoxy) is 1. The van der Waals surface area contributed by atoms with E-state index in [1.165, 1.54) is 6.92 Å². The van der Waals surface area contributed by atoms with Gasteiger partial charge in [0.05, 0.1) is 19.3 Å². The van der Waals surface area contributed by atoms with Gasteiger partial charge in [-0.1, -0.05) is 0 Å². The maximum atomic E-state index is 13.0. The first-order valence-corrected chi connectivity index (χ1v) is 5.51. The Labute approximate surface area is 106 Å². The van der Waals surface area contributed by atoms with Crippen LogP contribution in [-0.4, -0.2) is 60.0 Å². The number of halogens is 4. The minimum absolute atomic E-state index is 0.246. The number of hydrogen-bond donors (Lipinski definition) is 1. The predicted octanol–water partition coefficient (Wildman–Crippen LogP) is 0.835. The molecular weight excluding hydrogens is 274 g/mol. The van der Waals surface area contributed by atoms with Gasteiger partial charge in [0, 0.05) is 6.54 Å². The monoisotopic (exact) mass is 287 g/mol. The summed E-state index contributed by atoms with van der Waals surface area (Å²) in [5.74, 6) is -9.43. The van der Waals surface area contributed by atoms with Crippen molar-refractivity contribution in [2.45, 2.75) is 25.3 Å². The summed E-state index contributed by atoms with van der Waals surface area (Å²) in [6.45, 7) is 0.482. The molecule has 1 amide bonds. The highest BCUT2D eigenvalue weighted by Crippen LogP contribution is 2.29. The third kappa shape index (κ3) is 2.96. The van der Waals surface area contributed by atoms with Crippen LogP contribution >= 0.6 is 0 Å². The molecule has 1 aliphatic heterocycles. The zero-order valence-corrected chi connectivity index (χ0v) is 9.98. The summed E-state index contributed by atoms with van der Waals surface area (Å²) >= 11 is 0. The number of alkyl halides is 4. The first-order valence-electron chi connectivity index (χ1n) is 5.51. The Hall–Kier alpha value is -1.38. The number of hydrogen-bond acceptors (Lipinski definition) is 3. The van der Waals surface area contributed by atoms with Crippen LogP contribution in [0, 0.1) is 5.92 Å². The molecule has 1 fully saturated rings. The molecule has 19 heavy (non-hydrogen) atoms. The van der Waals surface area contributed by atoms with Crippen LogP contribution in [0.1, 0.15) is 6.92 Å². The average molecular weight is 287 g/mol. The van der Waals surface area contributed by atoms with Crippen molar-refractivity contribution in [2.75, 3.05) is 19.8 Å². The summed E-state index contributed by atoms with van der Waals surface area (Å²) < 4.78 is 55.2. The number of aliphatic carboxylic acids is 1. The fraction of sp³-hybridized carbons (Fsp3) is 0.800. The first kappa shape index (κ1) is 15.7. The molecule has 0 aromatic carbocycles. The first-order chi connectivity index (χ1) is 8.73. The van der Waals surface area contributed by atoms with Crippen molar-refractivity contribution in [3.05, 3.63) is 0 Å². The molecule has 0 spiro atoms. The van der Waals surface area contributed by atoms with E-state index in [4.69, 9.17) is 9.84 Å². The number of carboxylic acid groups (broad SMARTS) is 1. The van der Waals surface area contributed by atoms with Gasteiger partial charge >= 0.3 is 18.3 Å². The van der Waals surface area contributed by atoms with Crippen molar-refractivity contribution < 1.29 is 37.0 Å². The molecule has 1 rings (SSSR count). The molecule has 0 aromatic rings. The van der Waals surface area contributed by atoms with E-state index < -0.39 is 36.2 Å². The molecule has 1 heterocycles. The third-order valence-electron chi connectivity index (χ3n) is 2.93. The lowest BCUT2D eigenvalue weighted by molar-refractivity contribution is -0.183. The Morgan fingerprint density at radius 3 is 2.42 bits per heavy atom. The van der Waals surface area contributed by atoms with Crippen LogP contribution in [0.5, 0.6) is 0 Å². The topological polar surface area (TPSA) is 66.8 Å². The minimum atomic E-state index is -4.83. The lowest BCUT2D eigenvalue weighted by Crippen LogP contribution is -2.54. The Morgan fingerprint density at radius 1 is 1.42 bits per heavy atom. The summed E-state index contributed by atoms with van der Waals surface area (Å²) in [6, 6.07) is -1.17. The van der Waals surface area contributed by atoms with Gasteiger partial charge in [0.2, 0.25) is 0 Å². The quantitative estimate of drug-likeness (QED) is 0.761. The van der Waals surface area contributed by atoms with Gasteiger partial charge in [0.1, 0.15) is 5.92 Å². The van der Waals surface area contributed by atoms with Gasteiger partial charge in [0.15, 0.2) is 0 Å². The van der Waals surface area contributed by atoms with Gasteiger partial charge < -0.3 is 14.7 Å². The van der Waals surface area contributed by atoms with Crippen LogP contribution in [0.25, 0.3) is 0 Å². The summed E-state index contributed by atoms with van der Waals surface area (Å²) in [7, 11) is 0. The molecule has 1 saturated heterocycles. The van der Waals surface area contributed by atoms with Crippen LogP contribution in [0.15, 0.2) is 0 Å². The molecule has 0 aromatic heterocycles. The fourth-order valence-corrected chi connectivity index (χ4v) is 1.90. The van der Waals surface area contributed by atoms with Crippen molar-refractivity contribution in [1.82, 2.24) is 4.90 Å². The van der Waals surface area contributed by atoms with E-state index in [-0.39, 0.29) is 19.8 Å². The lowest BCUT2D eigenvalue weighted by atomic mass is 10.0. The molecule has 1 aliphatic rings. The molecular formula is C10H13F4NO4. The van der Waals surface area contributed by atoms with Crippen LogP contribution in [0.3, 0.4) is 0 Å². The van der Waals surface area contributed by atoms with E-state index >= 15 is 0 Å². The van der Waals surface area contributed by atoms with Gasteiger partial charge in [-0.2, -0.15) is 8.78 Å². The van der Waals surface area contributed by atoms with Crippen LogP contribution in [0.4, 0.5) is 17.6 Å². The Morgan fingerprint density at radius 2 is 2.00 bits per heavy atom. The molecule has 0 aliphatic carbocycles. The van der Waals surface area contributed by atoms with Crippen molar-refractivity contribution >= 4 is 11.9 Å². The number of amides is 1. The summed E-state index contributed by atoms with van der Waals surface area (Å²) in [5.41, 5.74) is 0. The highest BCUT2D eigenvalue weighted by molar-refractivity contribution is 5.85. The van der Waals surface area contributed by atoms with Gasteiger partial charge in [-0.3, -0.25) is 9.59 Å². The number of carboxylic acids is 1. The molecule has 110 valence electrons. The van der Waals surface area contributed by atoms with E-state index in [0.29, 0.717) is 4.90 Å². The molecule has 1 N–H and O–H groups in total. The van der Waals surface area contributed by atoms with Crippen molar-refractivity contribution in [1.29, 1.82) is 0 Å². The average Bonchev–Trinajstić information content (AvgIpc) is 2.78. The highest BCUT2D eigenvalue weighted by Gasteiger charge is 2.53. The maximum absolute atomic E-state index is 13.0. The van der Waals surface area contributed by atoms with Crippen LogP contribution in [0.2, 0.25) is 0 Å². The second kappa shape index (κ2) is 5.72. The molecule has 0 bridgehead atoms. The predicted molar refractivity (Wildman–Crippen MR) is 54.1 cm³/mol. The van der Waals surface area contributed by atoms with E-state index in [9.17, 15) is 27.2 Å². The minimum Gasteiger partial charge on any atom is -0.481 e. The molecule has 9 heteroatoms. The van der Waals surface area contributed by atoms with E-state index in [2.05, 4.69) is 0 Å². The SMILES string of the molecule is CCN(C(=O)C(F)(F)C(F)F)C1COCC1C(=O)O. The second-order valence-corrected chi connectivity index (χ2v) is 4.06. The van der Waals surface area contributed by atoms with Crippen molar-refractivity contribution in [3.63, 3.8) is 0 Å². The van der Waals surface area contributed by atoms with E-state index in [1.807, 2.05) is 0 Å². The molecule has 2 atom stereocenters. The molecule has 0 saturated carbocycles. The van der Waals surface area contributed by atoms with Crippen molar-refractivity contribution in [3.8, 4) is 0 Å². The smallest absolute Gasteiger partial charge is 0.383 e. The van der Waals surface area contributed by atoms with Gasteiger partial charge in [-0.25, -0.2) is 8.78 Å². The summed E-state index contributed by atoms with van der Waals surface area (Å²) in [4.78, 5) is 22.8. The molecule has 2 unspecified atom stereocenters. The van der Waals surface area contributed by atoms with Gasteiger partial charge in [-0.05, 0) is 6.92 Å². The number of rotatable bonds is 5. The largest absolute Gasteiger partial charge is 0.481 e. The Kier molecular flexibility index (Phi) is 4.72. The highest BCUT2D eigenvalue weighted by atomic mass is 19.3. The van der Waals surface area contributed by atoms with Crippen LogP contribution < -0.4 is 0 Å². The summed E-state index contributed by atoms with van der Waals surface area (Å²) in [5, 5.41) is 8.87. The lowest BCUT2D eigenvalue weighted by Gasteiger charge is -2.31. The Balaban J connectivity index is 2.94. The second-order valence-electron chi connectivity index (χ2n) is 4.06. The van der Waals surface area contributed by atoms with E-state index in [1.54, 1.807) is 0 Å². The Bertz CT molecular complexity index is 363.